The number of likely N-dealkylation sites (tertiary alicyclic amines) is 1. The fourth-order valence-electron chi connectivity index (χ4n) is 6.18. The van der Waals surface area contributed by atoms with Crippen LogP contribution in [0.3, 0.4) is 0 Å². The van der Waals surface area contributed by atoms with Crippen LogP contribution in [0.15, 0.2) is 55.2 Å². The summed E-state index contributed by atoms with van der Waals surface area (Å²) in [6.07, 6.45) is 6.14. The molecular weight excluding hydrogens is 492 g/mol. The Bertz CT molecular complexity index is 1330. The molecule has 2 fully saturated rings. The second-order valence-electron chi connectivity index (χ2n) is 12.0. The third-order valence-electron chi connectivity index (χ3n) is 9.21. The van der Waals surface area contributed by atoms with Gasteiger partial charge in [-0.15, -0.1) is 0 Å². The summed E-state index contributed by atoms with van der Waals surface area (Å²) in [4.78, 5) is 12.2. The van der Waals surface area contributed by atoms with Gasteiger partial charge in [-0.3, -0.25) is 9.80 Å². The molecule has 2 aromatic carbocycles. The van der Waals surface area contributed by atoms with E-state index in [0.717, 1.165) is 69.8 Å². The number of aromatic hydroxyl groups is 1. The summed E-state index contributed by atoms with van der Waals surface area (Å²) in [5, 5.41) is 10.9. The lowest BCUT2D eigenvalue weighted by Crippen LogP contribution is -2.53. The van der Waals surface area contributed by atoms with Crippen molar-refractivity contribution in [3.63, 3.8) is 0 Å². The predicted molar refractivity (Wildman–Crippen MR) is 167 cm³/mol. The largest absolute Gasteiger partial charge is 0.504 e. The second kappa shape index (κ2) is 12.6. The van der Waals surface area contributed by atoms with Crippen molar-refractivity contribution in [3.8, 4) is 5.75 Å². The van der Waals surface area contributed by atoms with Gasteiger partial charge in [-0.2, -0.15) is 0 Å². The zero-order chi connectivity index (χ0) is 28.2. The molecule has 2 aliphatic rings. The molecule has 3 heterocycles. The first kappa shape index (κ1) is 28.4. The molecule has 0 radical (unpaired) electrons. The van der Waals surface area contributed by atoms with Crippen LogP contribution >= 0.6 is 0 Å². The SMILES string of the molecule is C=C(CCc1ccc(C)c(C)c1)c1cnc(N2CCN(C3CCN(Cc4ccc(C)c(C)c4)CC3)CC2)c(O)c1. The van der Waals surface area contributed by atoms with E-state index < -0.39 is 0 Å². The average molecular weight is 539 g/mol. The minimum absolute atomic E-state index is 0.262. The summed E-state index contributed by atoms with van der Waals surface area (Å²) in [6.45, 7) is 20.2. The number of hydrogen-bond donors (Lipinski definition) is 1. The van der Waals surface area contributed by atoms with Gasteiger partial charge < -0.3 is 10.0 Å². The van der Waals surface area contributed by atoms with Crippen molar-refractivity contribution >= 4 is 11.4 Å². The minimum atomic E-state index is 0.262. The fourth-order valence-corrected chi connectivity index (χ4v) is 6.18. The number of anilines is 1. The van der Waals surface area contributed by atoms with Crippen molar-refractivity contribution < 1.29 is 5.11 Å². The van der Waals surface area contributed by atoms with Crippen molar-refractivity contribution in [1.29, 1.82) is 0 Å². The molecule has 2 aliphatic heterocycles. The smallest absolute Gasteiger partial charge is 0.171 e. The number of aryl methyl sites for hydroxylation is 5. The van der Waals surface area contributed by atoms with Crippen LogP contribution in [0, 0.1) is 27.7 Å². The lowest BCUT2D eigenvalue weighted by Gasteiger charge is -2.43. The van der Waals surface area contributed by atoms with Crippen LogP contribution in [-0.2, 0) is 13.0 Å². The van der Waals surface area contributed by atoms with Gasteiger partial charge in [0, 0.05) is 45.0 Å². The Hall–Kier alpha value is -3.15. The molecule has 0 bridgehead atoms. The fraction of sp³-hybridized carbons (Fsp3) is 0.457. The average Bonchev–Trinajstić information content (AvgIpc) is 2.96. The van der Waals surface area contributed by atoms with E-state index >= 15 is 0 Å². The molecule has 40 heavy (non-hydrogen) atoms. The molecule has 5 heteroatoms. The van der Waals surface area contributed by atoms with E-state index in [2.05, 4.69) is 85.4 Å². The number of aromatic nitrogens is 1. The Balaban J connectivity index is 1.09. The highest BCUT2D eigenvalue weighted by Gasteiger charge is 2.28. The standard InChI is InChI=1S/C35H46N4O/c1-25-6-9-30(20-28(25)4)10-8-27(3)32-22-34(40)35(36-23-32)39-18-16-38(17-19-39)33-12-14-37(15-13-33)24-31-11-7-26(2)29(5)21-31/h6-7,9,11,20-23,33,40H,3,8,10,12-19,24H2,1-2,4-5H3. The third-order valence-corrected chi connectivity index (χ3v) is 9.21. The molecule has 0 aliphatic carbocycles. The Morgan fingerprint density at radius 1 is 0.825 bits per heavy atom. The van der Waals surface area contributed by atoms with Crippen molar-refractivity contribution in [2.45, 2.75) is 66.0 Å². The van der Waals surface area contributed by atoms with Gasteiger partial charge in [-0.25, -0.2) is 4.98 Å². The Morgan fingerprint density at radius 3 is 2.08 bits per heavy atom. The summed E-state index contributed by atoms with van der Waals surface area (Å²) in [5.41, 5.74) is 10.1. The maximum absolute atomic E-state index is 10.9. The maximum Gasteiger partial charge on any atom is 0.171 e. The number of piperazine rings is 1. The Morgan fingerprint density at radius 2 is 1.45 bits per heavy atom. The van der Waals surface area contributed by atoms with Crippen LogP contribution in [0.25, 0.3) is 5.57 Å². The van der Waals surface area contributed by atoms with Gasteiger partial charge in [0.2, 0.25) is 0 Å². The topological polar surface area (TPSA) is 42.8 Å². The van der Waals surface area contributed by atoms with E-state index in [4.69, 9.17) is 4.98 Å². The molecule has 0 unspecified atom stereocenters. The highest BCUT2D eigenvalue weighted by Crippen LogP contribution is 2.31. The number of piperidine rings is 1. The predicted octanol–water partition coefficient (Wildman–Crippen LogP) is 6.45. The van der Waals surface area contributed by atoms with Crippen molar-refractivity contribution in [1.82, 2.24) is 14.8 Å². The molecule has 1 N–H and O–H groups in total. The molecular formula is C35H46N4O. The number of pyridine rings is 1. The van der Waals surface area contributed by atoms with Crippen LogP contribution in [0.1, 0.15) is 58.2 Å². The number of nitrogens with zero attached hydrogens (tertiary/aromatic N) is 4. The summed E-state index contributed by atoms with van der Waals surface area (Å²) in [6, 6.07) is 16.0. The van der Waals surface area contributed by atoms with Crippen LogP contribution in [0.5, 0.6) is 5.75 Å². The van der Waals surface area contributed by atoms with Gasteiger partial charge in [0.15, 0.2) is 11.6 Å². The highest BCUT2D eigenvalue weighted by molar-refractivity contribution is 5.67. The quantitative estimate of drug-likeness (QED) is 0.357. The molecule has 212 valence electrons. The zero-order valence-electron chi connectivity index (χ0n) is 24.9. The summed E-state index contributed by atoms with van der Waals surface area (Å²) < 4.78 is 0. The van der Waals surface area contributed by atoms with Gasteiger partial charge in [0.25, 0.3) is 0 Å². The van der Waals surface area contributed by atoms with Crippen molar-refractivity contribution in [3.05, 3.63) is 94.2 Å². The number of rotatable bonds is 8. The number of benzene rings is 2. The van der Waals surface area contributed by atoms with E-state index in [-0.39, 0.29) is 5.75 Å². The molecule has 5 nitrogen and oxygen atoms in total. The van der Waals surface area contributed by atoms with Gasteiger partial charge in [0.05, 0.1) is 0 Å². The summed E-state index contributed by atoms with van der Waals surface area (Å²) in [7, 11) is 0. The second-order valence-corrected chi connectivity index (χ2v) is 12.0. The molecule has 5 rings (SSSR count). The molecule has 1 aromatic heterocycles. The van der Waals surface area contributed by atoms with Gasteiger partial charge in [-0.1, -0.05) is 43.0 Å². The Kier molecular flexibility index (Phi) is 8.92. The first-order valence-electron chi connectivity index (χ1n) is 15.0. The van der Waals surface area contributed by atoms with Crippen LogP contribution in [-0.4, -0.2) is 65.2 Å². The Labute approximate surface area is 241 Å². The molecule has 3 aromatic rings. The van der Waals surface area contributed by atoms with E-state index in [1.165, 1.54) is 46.2 Å². The first-order valence-corrected chi connectivity index (χ1v) is 15.0. The first-order chi connectivity index (χ1) is 19.3. The van der Waals surface area contributed by atoms with Crippen molar-refractivity contribution in [2.75, 3.05) is 44.2 Å². The third kappa shape index (κ3) is 6.76. The lowest BCUT2D eigenvalue weighted by atomic mass is 9.98. The number of allylic oxidation sites excluding steroid dienone is 1. The molecule has 0 amide bonds. The summed E-state index contributed by atoms with van der Waals surface area (Å²) >= 11 is 0. The lowest BCUT2D eigenvalue weighted by molar-refractivity contribution is 0.0996. The summed E-state index contributed by atoms with van der Waals surface area (Å²) in [5.74, 6) is 0.964. The van der Waals surface area contributed by atoms with Crippen LogP contribution < -0.4 is 4.90 Å². The number of hydrogen-bond acceptors (Lipinski definition) is 5. The van der Waals surface area contributed by atoms with E-state index in [0.29, 0.717) is 11.9 Å². The normalized spacial score (nSPS) is 17.4. The van der Waals surface area contributed by atoms with Crippen LogP contribution in [0.2, 0.25) is 0 Å². The van der Waals surface area contributed by atoms with Gasteiger partial charge >= 0.3 is 0 Å². The van der Waals surface area contributed by atoms with E-state index in [9.17, 15) is 5.11 Å². The van der Waals surface area contributed by atoms with E-state index in [1.54, 1.807) is 0 Å². The van der Waals surface area contributed by atoms with E-state index in [1.807, 2.05) is 12.3 Å². The molecule has 2 saturated heterocycles. The van der Waals surface area contributed by atoms with Gasteiger partial charge in [0.1, 0.15) is 0 Å². The monoisotopic (exact) mass is 538 g/mol. The zero-order valence-corrected chi connectivity index (χ0v) is 24.9. The molecule has 0 spiro atoms. The molecule has 0 saturated carbocycles. The minimum Gasteiger partial charge on any atom is -0.504 e. The van der Waals surface area contributed by atoms with Crippen LogP contribution in [0.4, 0.5) is 5.82 Å². The maximum atomic E-state index is 10.9. The van der Waals surface area contributed by atoms with Crippen molar-refractivity contribution in [2.24, 2.45) is 0 Å². The molecule has 0 atom stereocenters. The highest BCUT2D eigenvalue weighted by atomic mass is 16.3. The van der Waals surface area contributed by atoms with Gasteiger partial charge in [-0.05, 0) is 117 Å².